The minimum absolute atomic E-state index is 0.0813. The zero-order chi connectivity index (χ0) is 20.3. The first-order chi connectivity index (χ1) is 14.8. The lowest BCUT2D eigenvalue weighted by atomic mass is 10.1. The Morgan fingerprint density at radius 1 is 1.10 bits per heavy atom. The number of anilines is 3. The molecule has 156 valence electrons. The van der Waals surface area contributed by atoms with Crippen LogP contribution in [0.1, 0.15) is 36.2 Å². The van der Waals surface area contributed by atoms with E-state index in [0.29, 0.717) is 12.4 Å². The fourth-order valence-corrected chi connectivity index (χ4v) is 4.23. The molecule has 2 aliphatic heterocycles. The maximum absolute atomic E-state index is 9.38. The molecule has 0 unspecified atom stereocenters. The van der Waals surface area contributed by atoms with Crippen LogP contribution in [-0.2, 0) is 19.4 Å². The number of hydrogen-bond acceptors (Lipinski definition) is 8. The molecule has 2 aliphatic rings. The molecule has 3 aromatic rings. The van der Waals surface area contributed by atoms with Gasteiger partial charge in [0.1, 0.15) is 11.3 Å². The third-order valence-electron chi connectivity index (χ3n) is 5.79. The van der Waals surface area contributed by atoms with Crippen LogP contribution in [-0.4, -0.2) is 51.3 Å². The fraction of sp³-hybridized carbons (Fsp3) is 0.455. The van der Waals surface area contributed by atoms with Gasteiger partial charge < -0.3 is 20.6 Å². The van der Waals surface area contributed by atoms with Crippen molar-refractivity contribution in [2.24, 2.45) is 0 Å². The van der Waals surface area contributed by atoms with Gasteiger partial charge in [0.15, 0.2) is 5.82 Å². The van der Waals surface area contributed by atoms with E-state index in [1.807, 2.05) is 18.3 Å². The molecule has 1 saturated heterocycles. The minimum Gasteiger partial charge on any atom is -0.396 e. The summed E-state index contributed by atoms with van der Waals surface area (Å²) in [4.78, 5) is 21.2. The van der Waals surface area contributed by atoms with Crippen LogP contribution < -0.4 is 15.5 Å². The van der Waals surface area contributed by atoms with E-state index in [4.69, 9.17) is 15.0 Å². The Balaban J connectivity index is 1.50. The molecule has 0 bridgehead atoms. The highest BCUT2D eigenvalue weighted by atomic mass is 16.3. The lowest BCUT2D eigenvalue weighted by Crippen LogP contribution is -2.30. The van der Waals surface area contributed by atoms with Gasteiger partial charge in [-0.15, -0.1) is 0 Å². The topological polar surface area (TPSA) is 99.1 Å². The van der Waals surface area contributed by atoms with Crippen molar-refractivity contribution in [3.63, 3.8) is 0 Å². The van der Waals surface area contributed by atoms with Crippen molar-refractivity contribution in [2.45, 2.75) is 38.6 Å². The number of fused-ring (bicyclic) bond motifs is 2. The molecular weight excluding hydrogens is 378 g/mol. The summed E-state index contributed by atoms with van der Waals surface area (Å²) in [5.74, 6) is 2.18. The summed E-state index contributed by atoms with van der Waals surface area (Å²) in [5.41, 5.74) is 4.10. The Morgan fingerprint density at radius 3 is 2.87 bits per heavy atom. The Hall–Kier alpha value is -2.84. The number of hydrogen-bond donors (Lipinski definition) is 3. The van der Waals surface area contributed by atoms with E-state index in [2.05, 4.69) is 26.6 Å². The van der Waals surface area contributed by atoms with Gasteiger partial charge in [-0.3, -0.25) is 0 Å². The van der Waals surface area contributed by atoms with Crippen molar-refractivity contribution >= 4 is 28.5 Å². The van der Waals surface area contributed by atoms with Crippen LogP contribution in [0.15, 0.2) is 24.4 Å². The number of nitrogens with one attached hydrogen (secondary N) is 2. The number of pyridine rings is 2. The Labute approximate surface area is 175 Å². The Bertz CT molecular complexity index is 1050. The first-order valence-corrected chi connectivity index (χ1v) is 10.8. The van der Waals surface area contributed by atoms with Crippen molar-refractivity contribution in [1.29, 1.82) is 0 Å². The van der Waals surface area contributed by atoms with E-state index < -0.39 is 0 Å². The second-order valence-electron chi connectivity index (χ2n) is 7.94. The highest BCUT2D eigenvalue weighted by molar-refractivity contribution is 5.89. The maximum Gasteiger partial charge on any atom is 0.229 e. The Morgan fingerprint density at radius 2 is 2.00 bits per heavy atom. The van der Waals surface area contributed by atoms with E-state index in [9.17, 15) is 5.11 Å². The Kier molecular flexibility index (Phi) is 5.42. The summed E-state index contributed by atoms with van der Waals surface area (Å²) in [5, 5.41) is 17.0. The molecule has 8 heteroatoms. The molecule has 0 aromatic carbocycles. The highest BCUT2D eigenvalue weighted by Crippen LogP contribution is 2.28. The van der Waals surface area contributed by atoms with Gasteiger partial charge in [-0.25, -0.2) is 19.9 Å². The highest BCUT2D eigenvalue weighted by Gasteiger charge is 2.18. The number of nitrogens with zero attached hydrogens (tertiary/aromatic N) is 5. The normalized spacial score (nSPS) is 16.5. The largest absolute Gasteiger partial charge is 0.396 e. The molecule has 5 heterocycles. The van der Waals surface area contributed by atoms with Gasteiger partial charge >= 0.3 is 0 Å². The van der Waals surface area contributed by atoms with Crippen LogP contribution in [0.2, 0.25) is 0 Å². The number of rotatable bonds is 5. The van der Waals surface area contributed by atoms with Crippen molar-refractivity contribution in [3.8, 4) is 0 Å². The van der Waals surface area contributed by atoms with Crippen LogP contribution in [0.5, 0.6) is 0 Å². The standard InChI is InChI=1S/C22H27N7O/c30-11-7-17-12-16-14-24-22(27-19-5-4-15-13-23-8-6-18(15)26-19)28-20(16)21(25-17)29-9-2-1-3-10-29/h4-5,12,14,23,30H,1-3,6-11,13H2,(H,24,26,27,28). The zero-order valence-electron chi connectivity index (χ0n) is 17.1. The van der Waals surface area contributed by atoms with Crippen LogP contribution in [0, 0.1) is 0 Å². The predicted molar refractivity (Wildman–Crippen MR) is 117 cm³/mol. The van der Waals surface area contributed by atoms with Crippen molar-refractivity contribution in [3.05, 3.63) is 41.3 Å². The van der Waals surface area contributed by atoms with E-state index >= 15 is 0 Å². The lowest BCUT2D eigenvalue weighted by molar-refractivity contribution is 0.298. The molecule has 1 fully saturated rings. The number of aliphatic hydroxyl groups is 1. The van der Waals surface area contributed by atoms with Gasteiger partial charge in [-0.1, -0.05) is 6.07 Å². The SMILES string of the molecule is OCCc1cc2cnc(Nc3ccc4c(n3)CCNC4)nc2c(N2CCCCC2)n1. The lowest BCUT2D eigenvalue weighted by Gasteiger charge is -2.28. The van der Waals surface area contributed by atoms with Gasteiger partial charge in [0.05, 0.1) is 0 Å². The molecule has 8 nitrogen and oxygen atoms in total. The van der Waals surface area contributed by atoms with Gasteiger partial charge in [0, 0.05) is 68.6 Å². The van der Waals surface area contributed by atoms with E-state index in [1.165, 1.54) is 12.0 Å². The molecule has 0 aliphatic carbocycles. The number of piperidine rings is 1. The third-order valence-corrected chi connectivity index (χ3v) is 5.79. The van der Waals surface area contributed by atoms with Crippen molar-refractivity contribution < 1.29 is 5.11 Å². The quantitative estimate of drug-likeness (QED) is 0.595. The summed E-state index contributed by atoms with van der Waals surface area (Å²) < 4.78 is 0. The number of aromatic nitrogens is 4. The molecule has 3 aromatic heterocycles. The molecule has 0 amide bonds. The minimum atomic E-state index is 0.0813. The average molecular weight is 406 g/mol. The molecule has 5 rings (SSSR count). The van der Waals surface area contributed by atoms with Crippen molar-refractivity contribution in [1.82, 2.24) is 25.3 Å². The second kappa shape index (κ2) is 8.49. The summed E-state index contributed by atoms with van der Waals surface area (Å²) in [6.07, 6.45) is 6.88. The first-order valence-electron chi connectivity index (χ1n) is 10.8. The molecular formula is C22H27N7O. The molecule has 3 N–H and O–H groups in total. The smallest absolute Gasteiger partial charge is 0.229 e. The van der Waals surface area contributed by atoms with Crippen LogP contribution in [0.25, 0.3) is 10.9 Å². The monoisotopic (exact) mass is 405 g/mol. The van der Waals surface area contributed by atoms with E-state index in [-0.39, 0.29) is 6.61 Å². The van der Waals surface area contributed by atoms with E-state index in [0.717, 1.165) is 79.4 Å². The molecule has 30 heavy (non-hydrogen) atoms. The number of aliphatic hydroxyl groups excluding tert-OH is 1. The molecule has 0 spiro atoms. The zero-order valence-corrected chi connectivity index (χ0v) is 17.1. The average Bonchev–Trinajstić information content (AvgIpc) is 2.79. The van der Waals surface area contributed by atoms with Crippen molar-refractivity contribution in [2.75, 3.05) is 36.5 Å². The van der Waals surface area contributed by atoms with E-state index in [1.54, 1.807) is 0 Å². The molecule has 0 radical (unpaired) electrons. The fourth-order valence-electron chi connectivity index (χ4n) is 4.23. The third kappa shape index (κ3) is 3.93. The summed E-state index contributed by atoms with van der Waals surface area (Å²) in [6.45, 7) is 3.88. The van der Waals surface area contributed by atoms with Crippen LogP contribution in [0.4, 0.5) is 17.6 Å². The summed E-state index contributed by atoms with van der Waals surface area (Å²) in [7, 11) is 0. The van der Waals surface area contributed by atoms with Crippen LogP contribution in [0.3, 0.4) is 0 Å². The van der Waals surface area contributed by atoms with Gasteiger partial charge in [0.2, 0.25) is 5.95 Å². The van der Waals surface area contributed by atoms with Gasteiger partial charge in [-0.2, -0.15) is 0 Å². The molecule has 0 saturated carbocycles. The summed E-state index contributed by atoms with van der Waals surface area (Å²) >= 11 is 0. The van der Waals surface area contributed by atoms with Crippen LogP contribution >= 0.6 is 0 Å². The van der Waals surface area contributed by atoms with Gasteiger partial charge in [-0.05, 0) is 37.0 Å². The second-order valence-corrected chi connectivity index (χ2v) is 7.94. The van der Waals surface area contributed by atoms with Gasteiger partial charge in [0.25, 0.3) is 0 Å². The molecule has 0 atom stereocenters. The predicted octanol–water partition coefficient (Wildman–Crippen LogP) is 2.33. The maximum atomic E-state index is 9.38. The first kappa shape index (κ1) is 19.1. The summed E-state index contributed by atoms with van der Waals surface area (Å²) in [6, 6.07) is 6.07.